The highest BCUT2D eigenvalue weighted by Crippen LogP contribution is 2.35. The maximum absolute atomic E-state index is 12.4. The number of rotatable bonds is 4. The number of hydrogen-bond acceptors (Lipinski definition) is 5. The van der Waals surface area contributed by atoms with Gasteiger partial charge in [0.25, 0.3) is 10.0 Å². The van der Waals surface area contributed by atoms with Crippen LogP contribution in [0.1, 0.15) is 24.1 Å². The molecule has 0 unspecified atom stereocenters. The second-order valence-electron chi connectivity index (χ2n) is 5.47. The van der Waals surface area contributed by atoms with Crippen molar-refractivity contribution in [2.75, 3.05) is 4.72 Å². The number of nitrogens with one attached hydrogen (secondary N) is 1. The average molecular weight is 435 g/mol. The number of phenols is 1. The average Bonchev–Trinajstić information content (AvgIpc) is 2.88. The molecule has 0 radical (unpaired) electrons. The first kappa shape index (κ1) is 17.2. The van der Waals surface area contributed by atoms with Gasteiger partial charge in [-0.2, -0.15) is 0 Å². The van der Waals surface area contributed by atoms with E-state index in [1.54, 1.807) is 0 Å². The summed E-state index contributed by atoms with van der Waals surface area (Å²) in [6.45, 7) is 0. The molecule has 1 aromatic carbocycles. The van der Waals surface area contributed by atoms with Crippen molar-refractivity contribution in [3.63, 3.8) is 0 Å². The maximum atomic E-state index is 12.4. The molecule has 2 aromatic rings. The summed E-state index contributed by atoms with van der Waals surface area (Å²) in [5.74, 6) is -0.709. The largest absolute Gasteiger partial charge is 0.505 e. The van der Waals surface area contributed by atoms with E-state index in [9.17, 15) is 18.3 Å². The van der Waals surface area contributed by atoms with Gasteiger partial charge in [0.1, 0.15) is 11.2 Å². The highest BCUT2D eigenvalue weighted by Gasteiger charge is 2.27. The highest BCUT2D eigenvalue weighted by molar-refractivity contribution is 9.10. The quantitative estimate of drug-likeness (QED) is 0.769. The Kier molecular flexibility index (Phi) is 4.58. The number of nitrogens with zero attached hydrogens (tertiary/aromatic N) is 2. The van der Waals surface area contributed by atoms with Crippen LogP contribution in [0, 0.1) is 5.92 Å². The van der Waals surface area contributed by atoms with Crippen LogP contribution in [0.15, 0.2) is 34.0 Å². The SMILES string of the molecule is O=C(C1CCC1)n1cnc(NS(=O)(=O)c2cc(Br)cc(Cl)c2O)c1. The predicted molar refractivity (Wildman–Crippen MR) is 91.8 cm³/mol. The lowest BCUT2D eigenvalue weighted by Crippen LogP contribution is -2.26. The number of benzene rings is 1. The van der Waals surface area contributed by atoms with Crippen LogP contribution >= 0.6 is 27.5 Å². The number of carbonyl (C=O) groups is 1. The Labute approximate surface area is 151 Å². The molecule has 0 spiro atoms. The van der Waals surface area contributed by atoms with Gasteiger partial charge < -0.3 is 5.11 Å². The molecule has 24 heavy (non-hydrogen) atoms. The van der Waals surface area contributed by atoms with Gasteiger partial charge in [-0.3, -0.25) is 14.1 Å². The Balaban J connectivity index is 1.85. The molecule has 1 saturated carbocycles. The van der Waals surface area contributed by atoms with Crippen molar-refractivity contribution in [2.24, 2.45) is 5.92 Å². The summed E-state index contributed by atoms with van der Waals surface area (Å²) < 4.78 is 28.7. The lowest BCUT2D eigenvalue weighted by Gasteiger charge is -2.23. The van der Waals surface area contributed by atoms with Gasteiger partial charge >= 0.3 is 0 Å². The molecule has 10 heteroatoms. The molecule has 0 atom stereocenters. The first-order chi connectivity index (χ1) is 11.3. The number of aromatic nitrogens is 2. The van der Waals surface area contributed by atoms with Crippen molar-refractivity contribution >= 4 is 49.3 Å². The van der Waals surface area contributed by atoms with Gasteiger partial charge in [0, 0.05) is 10.4 Å². The van der Waals surface area contributed by atoms with E-state index in [1.165, 1.54) is 29.2 Å². The van der Waals surface area contributed by atoms with Gasteiger partial charge in [-0.25, -0.2) is 13.4 Å². The molecular formula is C14H13BrClN3O4S. The van der Waals surface area contributed by atoms with Crippen molar-refractivity contribution in [3.05, 3.63) is 34.2 Å². The fraction of sp³-hybridized carbons (Fsp3) is 0.286. The van der Waals surface area contributed by atoms with Gasteiger partial charge in [0.05, 0.1) is 11.2 Å². The molecule has 0 aliphatic heterocycles. The van der Waals surface area contributed by atoms with Crippen molar-refractivity contribution in [1.29, 1.82) is 0 Å². The Bertz CT molecular complexity index is 909. The van der Waals surface area contributed by atoms with E-state index in [2.05, 4.69) is 25.6 Å². The van der Waals surface area contributed by atoms with Crippen molar-refractivity contribution in [3.8, 4) is 5.75 Å². The summed E-state index contributed by atoms with van der Waals surface area (Å²) in [5.41, 5.74) is 0. The second-order valence-corrected chi connectivity index (χ2v) is 8.45. The molecule has 1 aromatic heterocycles. The number of imidazole rings is 1. The molecule has 0 saturated heterocycles. The Morgan fingerprint density at radius 1 is 1.42 bits per heavy atom. The summed E-state index contributed by atoms with van der Waals surface area (Å²) in [6.07, 6.45) is 5.28. The summed E-state index contributed by atoms with van der Waals surface area (Å²) in [5, 5.41) is 9.79. The minimum atomic E-state index is -4.11. The monoisotopic (exact) mass is 433 g/mol. The molecule has 1 aliphatic rings. The van der Waals surface area contributed by atoms with Crippen LogP contribution in [-0.4, -0.2) is 29.0 Å². The molecule has 1 fully saturated rings. The van der Waals surface area contributed by atoms with Crippen LogP contribution < -0.4 is 4.72 Å². The van der Waals surface area contributed by atoms with Crippen LogP contribution in [0.25, 0.3) is 0 Å². The number of halogens is 2. The normalized spacial score (nSPS) is 15.1. The molecule has 3 rings (SSSR count). The lowest BCUT2D eigenvalue weighted by molar-refractivity contribution is 0.0764. The first-order valence-corrected chi connectivity index (χ1v) is 9.72. The van der Waals surface area contributed by atoms with E-state index in [-0.39, 0.29) is 27.6 Å². The third kappa shape index (κ3) is 3.28. The van der Waals surface area contributed by atoms with Crippen molar-refractivity contribution in [1.82, 2.24) is 9.55 Å². The van der Waals surface area contributed by atoms with Crippen LogP contribution in [0.3, 0.4) is 0 Å². The van der Waals surface area contributed by atoms with Crippen LogP contribution in [-0.2, 0) is 10.0 Å². The number of carbonyl (C=O) groups excluding carboxylic acids is 1. The maximum Gasteiger partial charge on any atom is 0.266 e. The third-order valence-electron chi connectivity index (χ3n) is 3.81. The summed E-state index contributed by atoms with van der Waals surface area (Å²) in [6, 6.07) is 2.60. The van der Waals surface area contributed by atoms with Gasteiger partial charge in [-0.15, -0.1) is 0 Å². The molecule has 1 aliphatic carbocycles. The molecule has 2 N–H and O–H groups in total. The van der Waals surface area contributed by atoms with Crippen molar-refractivity contribution in [2.45, 2.75) is 24.2 Å². The number of anilines is 1. The summed E-state index contributed by atoms with van der Waals surface area (Å²) in [4.78, 5) is 15.6. The van der Waals surface area contributed by atoms with Crippen LogP contribution in [0.4, 0.5) is 5.82 Å². The Morgan fingerprint density at radius 2 is 2.12 bits per heavy atom. The fourth-order valence-corrected chi connectivity index (χ4v) is 4.46. The van der Waals surface area contributed by atoms with Gasteiger partial charge in [0.2, 0.25) is 5.91 Å². The van der Waals surface area contributed by atoms with E-state index >= 15 is 0 Å². The topological polar surface area (TPSA) is 101 Å². The van der Waals surface area contributed by atoms with E-state index < -0.39 is 15.8 Å². The number of phenolic OH excluding ortho intramolecular Hbond substituents is 1. The lowest BCUT2D eigenvalue weighted by atomic mass is 9.85. The van der Waals surface area contributed by atoms with Gasteiger partial charge in [0.15, 0.2) is 11.6 Å². The molecular weight excluding hydrogens is 422 g/mol. The van der Waals surface area contributed by atoms with Gasteiger partial charge in [-0.1, -0.05) is 34.0 Å². The first-order valence-electron chi connectivity index (χ1n) is 7.07. The zero-order valence-corrected chi connectivity index (χ0v) is 15.4. The minimum absolute atomic E-state index is 0.0156. The standard InChI is InChI=1S/C14H13BrClN3O4S/c15-9-4-10(16)13(20)11(5-9)24(22,23)18-12-6-19(7-17-12)14(21)8-2-1-3-8/h4-8,18,20H,1-3H2. The van der Waals surface area contributed by atoms with E-state index in [1.807, 2.05) is 0 Å². The summed E-state index contributed by atoms with van der Waals surface area (Å²) >= 11 is 8.92. The number of sulfonamides is 1. The highest BCUT2D eigenvalue weighted by atomic mass is 79.9. The molecule has 7 nitrogen and oxygen atoms in total. The van der Waals surface area contributed by atoms with E-state index in [0.29, 0.717) is 4.47 Å². The molecule has 1 heterocycles. The third-order valence-corrected chi connectivity index (χ3v) is 5.93. The fourth-order valence-electron chi connectivity index (χ4n) is 2.30. The van der Waals surface area contributed by atoms with Crippen LogP contribution in [0.5, 0.6) is 5.75 Å². The minimum Gasteiger partial charge on any atom is -0.505 e. The predicted octanol–water partition coefficient (Wildman–Crippen LogP) is 3.25. The zero-order chi connectivity index (χ0) is 17.5. The van der Waals surface area contributed by atoms with E-state index in [4.69, 9.17) is 11.6 Å². The summed E-state index contributed by atoms with van der Waals surface area (Å²) in [7, 11) is -4.11. The van der Waals surface area contributed by atoms with E-state index in [0.717, 1.165) is 19.3 Å². The van der Waals surface area contributed by atoms with Crippen LogP contribution in [0.2, 0.25) is 5.02 Å². The smallest absolute Gasteiger partial charge is 0.266 e. The second kappa shape index (κ2) is 6.38. The Hall–Kier alpha value is -1.58. The number of aromatic hydroxyl groups is 1. The number of hydrogen-bond donors (Lipinski definition) is 2. The van der Waals surface area contributed by atoms with Gasteiger partial charge in [-0.05, 0) is 25.0 Å². The molecule has 0 bridgehead atoms. The molecule has 128 valence electrons. The Morgan fingerprint density at radius 3 is 2.75 bits per heavy atom. The zero-order valence-electron chi connectivity index (χ0n) is 12.2. The van der Waals surface area contributed by atoms with Crippen molar-refractivity contribution < 1.29 is 18.3 Å². The molecule has 0 amide bonds.